The van der Waals surface area contributed by atoms with E-state index in [0.717, 1.165) is 12.6 Å². The van der Waals surface area contributed by atoms with Crippen LogP contribution in [-0.4, -0.2) is 6.04 Å². The van der Waals surface area contributed by atoms with Crippen molar-refractivity contribution in [2.24, 2.45) is 5.73 Å². The van der Waals surface area contributed by atoms with Gasteiger partial charge in [0.1, 0.15) is 0 Å². The summed E-state index contributed by atoms with van der Waals surface area (Å²) in [6, 6.07) is 9.57. The van der Waals surface area contributed by atoms with Crippen LogP contribution >= 0.6 is 11.3 Å². The topological polar surface area (TPSA) is 38.0 Å². The molecule has 3 N–H and O–H groups in total. The van der Waals surface area contributed by atoms with Crippen LogP contribution < -0.4 is 11.1 Å². The fourth-order valence-corrected chi connectivity index (χ4v) is 2.89. The molecule has 1 aliphatic carbocycles. The van der Waals surface area contributed by atoms with E-state index in [1.54, 1.807) is 0 Å². The Hall–Kier alpha value is -0.900. The van der Waals surface area contributed by atoms with E-state index < -0.39 is 0 Å². The molecule has 0 aliphatic heterocycles. The van der Waals surface area contributed by atoms with Crippen LogP contribution in [0.1, 0.15) is 23.3 Å². The van der Waals surface area contributed by atoms with Crippen LogP contribution in [0.3, 0.4) is 0 Å². The van der Waals surface area contributed by atoms with Crippen LogP contribution in [0.15, 0.2) is 24.3 Å². The molecule has 1 saturated carbocycles. The van der Waals surface area contributed by atoms with Gasteiger partial charge in [-0.1, -0.05) is 6.07 Å². The lowest BCUT2D eigenvalue weighted by molar-refractivity contribution is 0.695. The second kappa shape index (κ2) is 4.17. The van der Waals surface area contributed by atoms with Crippen molar-refractivity contribution in [2.45, 2.75) is 32.0 Å². The number of hydrogen-bond donors (Lipinski definition) is 2. The van der Waals surface area contributed by atoms with Crippen LogP contribution in [0.4, 0.5) is 0 Å². The zero-order valence-corrected chi connectivity index (χ0v) is 10.0. The summed E-state index contributed by atoms with van der Waals surface area (Å²) in [4.78, 5) is 1.43. The first-order valence-electron chi connectivity index (χ1n) is 5.80. The van der Waals surface area contributed by atoms with Gasteiger partial charge in [-0.3, -0.25) is 0 Å². The number of nitrogens with two attached hydrogens (primary N) is 1. The van der Waals surface area contributed by atoms with Gasteiger partial charge in [0.05, 0.1) is 0 Å². The summed E-state index contributed by atoms with van der Waals surface area (Å²) in [6.07, 6.45) is 2.70. The highest BCUT2D eigenvalue weighted by Gasteiger charge is 2.20. The number of rotatable bonds is 4. The lowest BCUT2D eigenvalue weighted by atomic mass is 10.1. The standard InChI is InChI=1S/C13H16N2S/c14-7-9-1-4-13-10(5-9)6-12(16-13)8-15-11-2-3-11/h1,4-6,11,15H,2-3,7-8,14H2. The van der Waals surface area contributed by atoms with Gasteiger partial charge in [0.2, 0.25) is 0 Å². The second-order valence-corrected chi connectivity index (χ2v) is 5.61. The Bertz CT molecular complexity index is 500. The Morgan fingerprint density at radius 1 is 1.31 bits per heavy atom. The Morgan fingerprint density at radius 2 is 2.19 bits per heavy atom. The van der Waals surface area contributed by atoms with Gasteiger partial charge in [-0.2, -0.15) is 0 Å². The van der Waals surface area contributed by atoms with E-state index in [4.69, 9.17) is 5.73 Å². The Morgan fingerprint density at radius 3 is 2.94 bits per heavy atom. The molecule has 0 atom stereocenters. The van der Waals surface area contributed by atoms with E-state index in [1.807, 2.05) is 11.3 Å². The molecular weight excluding hydrogens is 216 g/mol. The van der Waals surface area contributed by atoms with Crippen molar-refractivity contribution in [3.05, 3.63) is 34.7 Å². The van der Waals surface area contributed by atoms with E-state index >= 15 is 0 Å². The largest absolute Gasteiger partial charge is 0.326 e. The van der Waals surface area contributed by atoms with Gasteiger partial charge in [0.15, 0.2) is 0 Å². The van der Waals surface area contributed by atoms with E-state index in [0.29, 0.717) is 6.54 Å². The lowest BCUT2D eigenvalue weighted by Crippen LogP contribution is -2.14. The SMILES string of the molecule is NCc1ccc2sc(CNC3CC3)cc2c1. The average molecular weight is 232 g/mol. The van der Waals surface area contributed by atoms with Gasteiger partial charge < -0.3 is 11.1 Å². The van der Waals surface area contributed by atoms with Gasteiger partial charge >= 0.3 is 0 Å². The van der Waals surface area contributed by atoms with Crippen molar-refractivity contribution in [1.82, 2.24) is 5.32 Å². The van der Waals surface area contributed by atoms with Crippen molar-refractivity contribution in [1.29, 1.82) is 0 Å². The number of benzene rings is 1. The first kappa shape index (κ1) is 10.3. The molecule has 0 saturated heterocycles. The minimum atomic E-state index is 0.626. The molecule has 1 aromatic heterocycles. The number of nitrogens with one attached hydrogen (secondary N) is 1. The normalized spacial score (nSPS) is 15.8. The molecule has 0 radical (unpaired) electrons. The summed E-state index contributed by atoms with van der Waals surface area (Å²) in [7, 11) is 0. The Balaban J connectivity index is 1.83. The predicted octanol–water partition coefficient (Wildman–Crippen LogP) is 2.61. The molecule has 16 heavy (non-hydrogen) atoms. The van der Waals surface area contributed by atoms with Crippen molar-refractivity contribution in [2.75, 3.05) is 0 Å². The maximum atomic E-state index is 5.65. The van der Waals surface area contributed by atoms with Gasteiger partial charge in [-0.15, -0.1) is 11.3 Å². The molecule has 0 spiro atoms. The third-order valence-electron chi connectivity index (χ3n) is 3.01. The Kier molecular flexibility index (Phi) is 2.67. The minimum absolute atomic E-state index is 0.626. The summed E-state index contributed by atoms with van der Waals surface area (Å²) in [5.41, 5.74) is 6.86. The quantitative estimate of drug-likeness (QED) is 0.850. The maximum absolute atomic E-state index is 5.65. The predicted molar refractivity (Wildman–Crippen MR) is 69.6 cm³/mol. The van der Waals surface area contributed by atoms with Gasteiger partial charge in [-0.25, -0.2) is 0 Å². The molecule has 84 valence electrons. The van der Waals surface area contributed by atoms with Crippen molar-refractivity contribution in [3.63, 3.8) is 0 Å². The molecule has 2 nitrogen and oxygen atoms in total. The molecule has 2 aromatic rings. The fraction of sp³-hybridized carbons (Fsp3) is 0.385. The summed E-state index contributed by atoms with van der Waals surface area (Å²) < 4.78 is 1.37. The van der Waals surface area contributed by atoms with Crippen LogP contribution in [0.5, 0.6) is 0 Å². The first-order valence-corrected chi connectivity index (χ1v) is 6.61. The maximum Gasteiger partial charge on any atom is 0.0346 e. The highest BCUT2D eigenvalue weighted by atomic mass is 32.1. The molecule has 1 fully saturated rings. The van der Waals surface area contributed by atoms with E-state index in [9.17, 15) is 0 Å². The third kappa shape index (κ3) is 2.12. The van der Waals surface area contributed by atoms with Crippen molar-refractivity contribution in [3.8, 4) is 0 Å². The van der Waals surface area contributed by atoms with Crippen LogP contribution in [0.2, 0.25) is 0 Å². The number of fused-ring (bicyclic) bond motifs is 1. The second-order valence-electron chi connectivity index (χ2n) is 4.44. The van der Waals surface area contributed by atoms with Crippen molar-refractivity contribution < 1.29 is 0 Å². The number of hydrogen-bond acceptors (Lipinski definition) is 3. The zero-order valence-electron chi connectivity index (χ0n) is 9.20. The summed E-state index contributed by atoms with van der Waals surface area (Å²) in [5.74, 6) is 0. The average Bonchev–Trinajstić information content (AvgIpc) is 3.04. The highest BCUT2D eigenvalue weighted by molar-refractivity contribution is 7.19. The smallest absolute Gasteiger partial charge is 0.0346 e. The molecule has 3 heteroatoms. The van der Waals surface area contributed by atoms with Crippen LogP contribution in [0.25, 0.3) is 10.1 Å². The fourth-order valence-electron chi connectivity index (χ4n) is 1.89. The zero-order chi connectivity index (χ0) is 11.0. The number of thiophene rings is 1. The molecule has 1 heterocycles. The van der Waals surface area contributed by atoms with E-state index in [-0.39, 0.29) is 0 Å². The highest BCUT2D eigenvalue weighted by Crippen LogP contribution is 2.27. The minimum Gasteiger partial charge on any atom is -0.326 e. The Labute approximate surface area is 99.5 Å². The molecule has 0 unspecified atom stereocenters. The third-order valence-corrected chi connectivity index (χ3v) is 4.13. The van der Waals surface area contributed by atoms with E-state index in [1.165, 1.54) is 33.4 Å². The van der Waals surface area contributed by atoms with Crippen molar-refractivity contribution >= 4 is 21.4 Å². The van der Waals surface area contributed by atoms with Crippen LogP contribution in [-0.2, 0) is 13.1 Å². The van der Waals surface area contributed by atoms with E-state index in [2.05, 4.69) is 29.6 Å². The lowest BCUT2D eigenvalue weighted by Gasteiger charge is -1.97. The molecule has 0 amide bonds. The summed E-state index contributed by atoms with van der Waals surface area (Å²) in [5, 5.41) is 4.88. The van der Waals surface area contributed by atoms with Crippen LogP contribution in [0, 0.1) is 0 Å². The molecule has 3 rings (SSSR count). The molecular formula is C13H16N2S. The molecule has 1 aromatic carbocycles. The van der Waals surface area contributed by atoms with Gasteiger partial charge in [-0.05, 0) is 42.0 Å². The molecule has 0 bridgehead atoms. The first-order chi connectivity index (χ1) is 7.85. The van der Waals surface area contributed by atoms with Gasteiger partial charge in [0, 0.05) is 28.7 Å². The summed E-state index contributed by atoms with van der Waals surface area (Å²) in [6.45, 7) is 1.64. The molecule has 1 aliphatic rings. The van der Waals surface area contributed by atoms with Gasteiger partial charge in [0.25, 0.3) is 0 Å². The summed E-state index contributed by atoms with van der Waals surface area (Å²) >= 11 is 1.88. The monoisotopic (exact) mass is 232 g/mol.